The summed E-state index contributed by atoms with van der Waals surface area (Å²) in [4.78, 5) is 16.9. The van der Waals surface area contributed by atoms with Crippen molar-refractivity contribution in [3.63, 3.8) is 0 Å². The average Bonchev–Trinajstić information content (AvgIpc) is 2.97. The van der Waals surface area contributed by atoms with Gasteiger partial charge in [-0.15, -0.1) is 0 Å². The minimum absolute atomic E-state index is 0.0551. The number of sulfonamides is 1. The lowest BCUT2D eigenvalue weighted by Gasteiger charge is -2.08. The lowest BCUT2D eigenvalue weighted by atomic mass is 10.2. The number of halogens is 2. The molecule has 10 heteroatoms. The van der Waals surface area contributed by atoms with E-state index in [0.717, 1.165) is 45.6 Å². The van der Waals surface area contributed by atoms with Crippen molar-refractivity contribution in [2.45, 2.75) is 18.7 Å². The lowest BCUT2D eigenvalue weighted by Crippen LogP contribution is -2.12. The number of hydrogen-bond donors (Lipinski definition) is 2. The molecule has 1 amide bonds. The highest BCUT2D eigenvalue weighted by Gasteiger charge is 2.21. The molecule has 0 atom stereocenters. The van der Waals surface area contributed by atoms with E-state index < -0.39 is 15.8 Å². The Morgan fingerprint density at radius 2 is 1.82 bits per heavy atom. The minimum atomic E-state index is -3.94. The molecular formula is C18H15BrFN3O3S2. The van der Waals surface area contributed by atoms with Crippen molar-refractivity contribution >= 4 is 54.0 Å². The van der Waals surface area contributed by atoms with Gasteiger partial charge in [0, 0.05) is 10.2 Å². The van der Waals surface area contributed by atoms with Gasteiger partial charge in [-0.2, -0.15) is 0 Å². The van der Waals surface area contributed by atoms with Crippen LogP contribution >= 0.6 is 27.3 Å². The summed E-state index contributed by atoms with van der Waals surface area (Å²) in [6, 6.07) is 9.87. The molecule has 0 saturated heterocycles. The highest BCUT2D eigenvalue weighted by atomic mass is 79.9. The van der Waals surface area contributed by atoms with Crippen LogP contribution in [-0.4, -0.2) is 19.3 Å². The summed E-state index contributed by atoms with van der Waals surface area (Å²) in [5, 5.41) is 2.86. The highest BCUT2D eigenvalue weighted by molar-refractivity contribution is 9.10. The molecule has 0 bridgehead atoms. The highest BCUT2D eigenvalue weighted by Crippen LogP contribution is 2.27. The standard InChI is InChI=1S/C18H15BrFN3O3S2/c1-10-9-12(19)3-8-15(10)22-17(24)16-11(2)21-18(27-16)23-28(25,26)14-6-4-13(20)5-7-14/h3-9H,1-2H3,(H,21,23)(H,22,24). The Morgan fingerprint density at radius 1 is 1.14 bits per heavy atom. The van der Waals surface area contributed by atoms with E-state index in [9.17, 15) is 17.6 Å². The lowest BCUT2D eigenvalue weighted by molar-refractivity contribution is 0.102. The van der Waals surface area contributed by atoms with Crippen LogP contribution in [0.1, 0.15) is 20.9 Å². The molecule has 0 spiro atoms. The largest absolute Gasteiger partial charge is 0.321 e. The first kappa shape index (κ1) is 20.4. The molecule has 1 heterocycles. The third kappa shape index (κ3) is 4.57. The summed E-state index contributed by atoms with van der Waals surface area (Å²) in [7, 11) is -3.94. The number of aromatic nitrogens is 1. The van der Waals surface area contributed by atoms with E-state index in [1.165, 1.54) is 0 Å². The van der Waals surface area contributed by atoms with Crippen LogP contribution in [0.25, 0.3) is 0 Å². The van der Waals surface area contributed by atoms with Crippen LogP contribution in [0.3, 0.4) is 0 Å². The molecule has 2 aromatic carbocycles. The molecule has 0 saturated carbocycles. The predicted molar refractivity (Wildman–Crippen MR) is 111 cm³/mol. The molecule has 0 fully saturated rings. The maximum absolute atomic E-state index is 13.0. The minimum Gasteiger partial charge on any atom is -0.321 e. The van der Waals surface area contributed by atoms with Gasteiger partial charge in [-0.1, -0.05) is 27.3 Å². The van der Waals surface area contributed by atoms with Crippen molar-refractivity contribution in [1.82, 2.24) is 4.98 Å². The van der Waals surface area contributed by atoms with Crippen LogP contribution in [0.2, 0.25) is 0 Å². The number of carbonyl (C=O) groups is 1. The quantitative estimate of drug-likeness (QED) is 0.549. The second-order valence-corrected chi connectivity index (χ2v) is 9.50. The molecule has 0 aliphatic heterocycles. The van der Waals surface area contributed by atoms with E-state index in [0.29, 0.717) is 16.3 Å². The Labute approximate surface area is 174 Å². The fraction of sp³-hybridized carbons (Fsp3) is 0.111. The average molecular weight is 484 g/mol. The summed E-state index contributed by atoms with van der Waals surface area (Å²) < 4.78 is 41.0. The first-order valence-electron chi connectivity index (χ1n) is 7.99. The molecular weight excluding hydrogens is 469 g/mol. The molecule has 0 aliphatic rings. The van der Waals surface area contributed by atoms with Gasteiger partial charge in [-0.3, -0.25) is 9.52 Å². The van der Waals surface area contributed by atoms with Gasteiger partial charge in [0.1, 0.15) is 10.7 Å². The van der Waals surface area contributed by atoms with Crippen LogP contribution in [0.5, 0.6) is 0 Å². The van der Waals surface area contributed by atoms with Gasteiger partial charge >= 0.3 is 0 Å². The molecule has 0 aliphatic carbocycles. The maximum Gasteiger partial charge on any atom is 0.267 e. The van der Waals surface area contributed by atoms with Crippen molar-refractivity contribution in [2.24, 2.45) is 0 Å². The Hall–Kier alpha value is -2.30. The zero-order valence-corrected chi connectivity index (χ0v) is 18.0. The first-order valence-corrected chi connectivity index (χ1v) is 11.1. The third-order valence-corrected chi connectivity index (χ3v) is 6.83. The Kier molecular flexibility index (Phi) is 5.82. The number of nitrogens with zero attached hydrogens (tertiary/aromatic N) is 1. The topological polar surface area (TPSA) is 88.2 Å². The summed E-state index contributed by atoms with van der Waals surface area (Å²) in [6.07, 6.45) is 0. The van der Waals surface area contributed by atoms with Crippen LogP contribution in [-0.2, 0) is 10.0 Å². The van der Waals surface area contributed by atoms with Crippen LogP contribution < -0.4 is 10.0 Å². The third-order valence-electron chi connectivity index (χ3n) is 3.79. The van der Waals surface area contributed by atoms with E-state index in [4.69, 9.17) is 0 Å². The van der Waals surface area contributed by atoms with Gasteiger partial charge in [0.15, 0.2) is 5.13 Å². The first-order chi connectivity index (χ1) is 13.2. The Bertz CT molecular complexity index is 1150. The summed E-state index contributed by atoms with van der Waals surface area (Å²) in [6.45, 7) is 3.48. The van der Waals surface area contributed by atoms with Crippen molar-refractivity contribution < 1.29 is 17.6 Å². The molecule has 0 unspecified atom stereocenters. The van der Waals surface area contributed by atoms with Crippen molar-refractivity contribution in [2.75, 3.05) is 10.0 Å². The second-order valence-electron chi connectivity index (χ2n) is 5.91. The predicted octanol–water partition coefficient (Wildman–Crippen LogP) is 4.71. The van der Waals surface area contributed by atoms with Gasteiger partial charge in [0.25, 0.3) is 15.9 Å². The molecule has 6 nitrogen and oxygen atoms in total. The molecule has 0 radical (unpaired) electrons. The van der Waals surface area contributed by atoms with Gasteiger partial charge in [-0.25, -0.2) is 17.8 Å². The second kappa shape index (κ2) is 7.98. The number of nitrogens with one attached hydrogen (secondary N) is 2. The molecule has 1 aromatic heterocycles. The Morgan fingerprint density at radius 3 is 2.46 bits per heavy atom. The van der Waals surface area contributed by atoms with E-state index >= 15 is 0 Å². The van der Waals surface area contributed by atoms with Crippen LogP contribution in [0, 0.1) is 19.7 Å². The molecule has 28 heavy (non-hydrogen) atoms. The van der Waals surface area contributed by atoms with E-state index in [1.54, 1.807) is 13.0 Å². The van der Waals surface area contributed by atoms with Gasteiger partial charge in [0.2, 0.25) is 0 Å². The summed E-state index contributed by atoms with van der Waals surface area (Å²) in [5.41, 5.74) is 1.92. The van der Waals surface area contributed by atoms with Crippen LogP contribution in [0.4, 0.5) is 15.2 Å². The molecule has 3 rings (SSSR count). The van der Waals surface area contributed by atoms with E-state index in [-0.39, 0.29) is 15.9 Å². The number of amides is 1. The fourth-order valence-corrected chi connectivity index (χ4v) is 4.96. The van der Waals surface area contributed by atoms with Crippen molar-refractivity contribution in [3.05, 3.63) is 68.9 Å². The SMILES string of the molecule is Cc1cc(Br)ccc1NC(=O)c1sc(NS(=O)(=O)c2ccc(F)cc2)nc1C. The fourth-order valence-electron chi connectivity index (χ4n) is 2.38. The number of thiazole rings is 1. The van der Waals surface area contributed by atoms with Gasteiger partial charge in [-0.05, 0) is 61.9 Å². The summed E-state index contributed by atoms with van der Waals surface area (Å²) >= 11 is 4.29. The monoisotopic (exact) mass is 483 g/mol. The van der Waals surface area contributed by atoms with Crippen LogP contribution in [0.15, 0.2) is 51.8 Å². The van der Waals surface area contributed by atoms with Gasteiger partial charge in [0.05, 0.1) is 10.6 Å². The number of benzene rings is 2. The number of anilines is 2. The van der Waals surface area contributed by atoms with Gasteiger partial charge < -0.3 is 5.32 Å². The zero-order valence-electron chi connectivity index (χ0n) is 14.8. The van der Waals surface area contributed by atoms with Crippen molar-refractivity contribution in [1.29, 1.82) is 0 Å². The number of hydrogen-bond acceptors (Lipinski definition) is 5. The number of carbonyl (C=O) groups excluding carboxylic acids is 1. The summed E-state index contributed by atoms with van der Waals surface area (Å²) in [5.74, 6) is -0.918. The number of rotatable bonds is 5. The Balaban J connectivity index is 1.80. The molecule has 146 valence electrons. The smallest absolute Gasteiger partial charge is 0.267 e. The number of aryl methyl sites for hydroxylation is 2. The van der Waals surface area contributed by atoms with E-state index in [1.807, 2.05) is 19.1 Å². The van der Waals surface area contributed by atoms with Crippen molar-refractivity contribution in [3.8, 4) is 0 Å². The zero-order chi connectivity index (χ0) is 20.5. The molecule has 2 N–H and O–H groups in total. The van der Waals surface area contributed by atoms with E-state index in [2.05, 4.69) is 31.0 Å². The maximum atomic E-state index is 13.0. The normalized spacial score (nSPS) is 11.3. The molecule has 3 aromatic rings.